The zero-order chi connectivity index (χ0) is 24.4. The molecule has 182 valence electrons. The summed E-state index contributed by atoms with van der Waals surface area (Å²) in [4.78, 5) is 33.9. The van der Waals surface area contributed by atoms with Crippen LogP contribution in [0.5, 0.6) is 0 Å². The van der Waals surface area contributed by atoms with Crippen molar-refractivity contribution in [2.75, 3.05) is 13.7 Å². The normalized spacial score (nSPS) is 17.2. The molecule has 1 fully saturated rings. The third-order valence-corrected chi connectivity index (χ3v) is 6.17. The second kappa shape index (κ2) is 12.3. The van der Waals surface area contributed by atoms with E-state index in [9.17, 15) is 9.59 Å². The number of benzene rings is 1. The third kappa shape index (κ3) is 7.12. The number of carbonyl (C=O) groups is 2. The molecule has 1 atom stereocenters. The van der Waals surface area contributed by atoms with Gasteiger partial charge in [0.2, 0.25) is 11.8 Å². The number of rotatable bonds is 9. The molecule has 0 spiro atoms. The van der Waals surface area contributed by atoms with Gasteiger partial charge in [-0.25, -0.2) is 4.98 Å². The Labute approximate surface area is 200 Å². The van der Waals surface area contributed by atoms with Crippen LogP contribution in [0.2, 0.25) is 0 Å². The van der Waals surface area contributed by atoms with Crippen molar-refractivity contribution in [1.82, 2.24) is 20.3 Å². The molecule has 4 N–H and O–H groups in total. The summed E-state index contributed by atoms with van der Waals surface area (Å²) in [6.07, 6.45) is 13.1. The van der Waals surface area contributed by atoms with Gasteiger partial charge in [0.05, 0.1) is 11.9 Å². The number of hydrogen-bond acceptors (Lipinski definition) is 5. The van der Waals surface area contributed by atoms with E-state index in [0.29, 0.717) is 13.0 Å². The number of aryl methyl sites for hydroxylation is 1. The summed E-state index contributed by atoms with van der Waals surface area (Å²) in [5.74, 6) is 0.800. The number of aromatic amines is 1. The molecule has 0 saturated carbocycles. The Kier molecular flexibility index (Phi) is 9.16. The second-order valence-electron chi connectivity index (χ2n) is 8.82. The Hall–Kier alpha value is -3.26. The topological polar surface area (TPSA) is 123 Å². The minimum atomic E-state index is -0.667. The van der Waals surface area contributed by atoms with Crippen LogP contribution in [-0.4, -0.2) is 46.0 Å². The van der Waals surface area contributed by atoms with Crippen LogP contribution in [0, 0.1) is 0 Å². The van der Waals surface area contributed by atoms with Crippen molar-refractivity contribution in [3.63, 3.8) is 0 Å². The summed E-state index contributed by atoms with van der Waals surface area (Å²) in [5.41, 5.74) is 6.57. The number of pyridine rings is 1. The molecule has 0 bridgehead atoms. The van der Waals surface area contributed by atoms with Crippen molar-refractivity contribution in [1.29, 1.82) is 0 Å². The van der Waals surface area contributed by atoms with Crippen LogP contribution in [0.25, 0.3) is 22.0 Å². The summed E-state index contributed by atoms with van der Waals surface area (Å²) in [5, 5.41) is 4.97. The number of ether oxygens (including phenoxy) is 1. The Morgan fingerprint density at radius 3 is 2.68 bits per heavy atom. The highest BCUT2D eigenvalue weighted by molar-refractivity contribution is 5.86. The molecular weight excluding hydrogens is 430 g/mol. The highest BCUT2D eigenvalue weighted by atomic mass is 16.5. The number of unbranched alkanes of at least 4 members (excludes halogenated alkanes) is 3. The van der Waals surface area contributed by atoms with Gasteiger partial charge in [0.25, 0.3) is 0 Å². The Bertz CT molecular complexity index is 1090. The molecule has 3 heterocycles. The number of primary amides is 1. The smallest absolute Gasteiger partial charge is 0.249 e. The fourth-order valence-corrected chi connectivity index (χ4v) is 3.92. The summed E-state index contributed by atoms with van der Waals surface area (Å²) < 4.78 is 5.13. The van der Waals surface area contributed by atoms with Crippen LogP contribution < -0.4 is 11.1 Å². The van der Waals surface area contributed by atoms with Gasteiger partial charge in [-0.1, -0.05) is 25.0 Å². The lowest BCUT2D eigenvalue weighted by atomic mass is 10.0. The minimum absolute atomic E-state index is 0.126. The molecule has 1 unspecified atom stereocenters. The maximum absolute atomic E-state index is 11.2. The van der Waals surface area contributed by atoms with Crippen LogP contribution in [0.3, 0.4) is 0 Å². The summed E-state index contributed by atoms with van der Waals surface area (Å²) in [7, 11) is 1.68. The van der Waals surface area contributed by atoms with Crippen LogP contribution in [0.15, 0.2) is 42.9 Å². The van der Waals surface area contributed by atoms with Crippen molar-refractivity contribution in [3.05, 3.63) is 48.7 Å². The SMILES string of the molecule is CC1(C(N)=O)CCCO1.CNC(=O)CCCCCCc1ncc(-c2ccc3ccncc3c2)[nH]1. The number of carbonyl (C=O) groups excluding carboxylic acids is 2. The van der Waals surface area contributed by atoms with Gasteiger partial charge < -0.3 is 20.8 Å². The number of aromatic nitrogens is 3. The molecule has 4 rings (SSSR count). The van der Waals surface area contributed by atoms with E-state index >= 15 is 0 Å². The maximum atomic E-state index is 11.2. The predicted octanol–water partition coefficient (Wildman–Crippen LogP) is 3.90. The molecule has 1 aliphatic heterocycles. The largest absolute Gasteiger partial charge is 0.367 e. The number of nitrogens with two attached hydrogens (primary N) is 1. The monoisotopic (exact) mass is 465 g/mol. The first kappa shape index (κ1) is 25.4. The van der Waals surface area contributed by atoms with Gasteiger partial charge in [0, 0.05) is 49.8 Å². The van der Waals surface area contributed by atoms with Gasteiger partial charge in [-0.3, -0.25) is 14.6 Å². The maximum Gasteiger partial charge on any atom is 0.249 e. The van der Waals surface area contributed by atoms with E-state index in [-0.39, 0.29) is 11.8 Å². The molecule has 0 aliphatic carbocycles. The molecule has 8 nitrogen and oxygen atoms in total. The Morgan fingerprint density at radius 1 is 1.15 bits per heavy atom. The standard InChI is InChI=1S/C20H24N4O.C6H11NO2/c1-21-20(25)7-5-3-2-4-6-19-23-14-18(24-19)16-9-8-15-10-11-22-13-17(15)12-16;1-6(5(7)8)3-2-4-9-6/h8-14H,2-7H2,1H3,(H,21,25)(H,23,24);2-4H2,1H3,(H2,7,8). The van der Waals surface area contributed by atoms with Crippen LogP contribution in [-0.2, 0) is 20.7 Å². The first-order chi connectivity index (χ1) is 16.4. The lowest BCUT2D eigenvalue weighted by molar-refractivity contribution is -0.135. The Balaban J connectivity index is 0.000000302. The average Bonchev–Trinajstić information content (AvgIpc) is 3.51. The molecule has 8 heteroatoms. The molecule has 0 radical (unpaired) electrons. The van der Waals surface area contributed by atoms with E-state index < -0.39 is 5.60 Å². The second-order valence-corrected chi connectivity index (χ2v) is 8.82. The molecule has 1 saturated heterocycles. The highest BCUT2D eigenvalue weighted by Crippen LogP contribution is 2.24. The van der Waals surface area contributed by atoms with E-state index in [2.05, 4.69) is 38.5 Å². The molecule has 1 aliphatic rings. The summed E-state index contributed by atoms with van der Waals surface area (Å²) in [6.45, 7) is 2.40. The molecule has 2 aromatic heterocycles. The predicted molar refractivity (Wildman–Crippen MR) is 133 cm³/mol. The number of imidazole rings is 1. The van der Waals surface area contributed by atoms with Gasteiger partial charge in [-0.2, -0.15) is 0 Å². The van der Waals surface area contributed by atoms with Crippen LogP contribution in [0.4, 0.5) is 0 Å². The van der Waals surface area contributed by atoms with Crippen molar-refractivity contribution in [3.8, 4) is 11.3 Å². The fraction of sp³-hybridized carbons (Fsp3) is 0.462. The van der Waals surface area contributed by atoms with Gasteiger partial charge >= 0.3 is 0 Å². The number of nitrogens with one attached hydrogen (secondary N) is 2. The highest BCUT2D eigenvalue weighted by Gasteiger charge is 2.35. The first-order valence-electron chi connectivity index (χ1n) is 11.9. The number of fused-ring (bicyclic) bond motifs is 1. The van der Waals surface area contributed by atoms with Crippen LogP contribution in [0.1, 0.15) is 57.7 Å². The lowest BCUT2D eigenvalue weighted by Gasteiger charge is -2.17. The third-order valence-electron chi connectivity index (χ3n) is 6.17. The molecule has 1 aromatic carbocycles. The van der Waals surface area contributed by atoms with Crippen molar-refractivity contribution in [2.24, 2.45) is 5.73 Å². The van der Waals surface area contributed by atoms with Crippen molar-refractivity contribution < 1.29 is 14.3 Å². The van der Waals surface area contributed by atoms with Gasteiger partial charge in [0.1, 0.15) is 11.4 Å². The zero-order valence-electron chi connectivity index (χ0n) is 20.1. The van der Waals surface area contributed by atoms with Crippen molar-refractivity contribution in [2.45, 2.75) is 63.9 Å². The van der Waals surface area contributed by atoms with Gasteiger partial charge in [-0.15, -0.1) is 0 Å². The number of hydrogen-bond donors (Lipinski definition) is 3. The van der Waals surface area contributed by atoms with E-state index in [1.165, 1.54) is 5.39 Å². The van der Waals surface area contributed by atoms with E-state index in [1.807, 2.05) is 24.7 Å². The molecule has 2 amide bonds. The zero-order valence-corrected chi connectivity index (χ0v) is 20.1. The van der Waals surface area contributed by atoms with E-state index in [4.69, 9.17) is 10.5 Å². The van der Waals surface area contributed by atoms with Crippen LogP contribution >= 0.6 is 0 Å². The summed E-state index contributed by atoms with van der Waals surface area (Å²) >= 11 is 0. The molecular formula is C26H35N5O3. The number of H-pyrrole nitrogens is 1. The average molecular weight is 466 g/mol. The molecule has 34 heavy (non-hydrogen) atoms. The number of nitrogens with zero attached hydrogens (tertiary/aromatic N) is 2. The fourth-order valence-electron chi connectivity index (χ4n) is 3.92. The lowest BCUT2D eigenvalue weighted by Crippen LogP contribution is -2.40. The van der Waals surface area contributed by atoms with Gasteiger partial charge in [0.15, 0.2) is 0 Å². The first-order valence-corrected chi connectivity index (χ1v) is 11.9. The number of amides is 2. The quantitative estimate of drug-likeness (QED) is 0.414. The molecule has 3 aromatic rings. The van der Waals surface area contributed by atoms with Crippen molar-refractivity contribution >= 4 is 22.6 Å². The minimum Gasteiger partial charge on any atom is -0.367 e. The Morgan fingerprint density at radius 2 is 1.97 bits per heavy atom. The van der Waals surface area contributed by atoms with Gasteiger partial charge in [-0.05, 0) is 50.1 Å². The van der Waals surface area contributed by atoms with E-state index in [1.54, 1.807) is 14.0 Å². The van der Waals surface area contributed by atoms with E-state index in [0.717, 1.165) is 67.4 Å². The summed E-state index contributed by atoms with van der Waals surface area (Å²) in [6, 6.07) is 8.37.